The zero-order valence-electron chi connectivity index (χ0n) is 10.9. The van der Waals surface area contributed by atoms with Crippen LogP contribution in [0.4, 0.5) is 0 Å². The van der Waals surface area contributed by atoms with Gasteiger partial charge in [0.05, 0.1) is 18.6 Å². The number of Topliss-reactive ketones (excluding diaryl/α,β-unsaturated/α-hetero) is 1. The molecule has 0 amide bonds. The minimum atomic E-state index is -1.81. The summed E-state index contributed by atoms with van der Waals surface area (Å²) in [5.74, 6) is -3.13. The molecule has 0 saturated carbocycles. The van der Waals surface area contributed by atoms with E-state index in [0.29, 0.717) is 11.3 Å². The van der Waals surface area contributed by atoms with Gasteiger partial charge in [0, 0.05) is 5.56 Å². The molecule has 0 aliphatic heterocycles. The number of hydrogen-bond donors (Lipinski definition) is 3. The molecule has 0 aromatic heterocycles. The van der Waals surface area contributed by atoms with Gasteiger partial charge < -0.3 is 20.1 Å². The molecule has 0 bridgehead atoms. The van der Waals surface area contributed by atoms with Crippen LogP contribution in [0.3, 0.4) is 0 Å². The average Bonchev–Trinajstić information content (AvgIpc) is 2.39. The van der Waals surface area contributed by atoms with Crippen LogP contribution in [-0.4, -0.2) is 40.3 Å². The number of carboxylic acids is 1. The molecule has 0 aliphatic carbocycles. The second kappa shape index (κ2) is 5.71. The molecular weight excluding hydrogens is 252 g/mol. The van der Waals surface area contributed by atoms with E-state index in [0.717, 1.165) is 0 Å². The van der Waals surface area contributed by atoms with Gasteiger partial charge in [-0.2, -0.15) is 0 Å². The molecule has 1 aromatic rings. The number of rotatable bonds is 5. The van der Waals surface area contributed by atoms with Gasteiger partial charge in [-0.15, -0.1) is 0 Å². The molecule has 0 fully saturated rings. The fourth-order valence-electron chi connectivity index (χ4n) is 1.70. The Morgan fingerprint density at radius 1 is 1.32 bits per heavy atom. The van der Waals surface area contributed by atoms with Crippen molar-refractivity contribution in [2.24, 2.45) is 5.92 Å². The third-order valence-electron chi connectivity index (χ3n) is 3.01. The van der Waals surface area contributed by atoms with Crippen molar-refractivity contribution in [2.75, 3.05) is 7.11 Å². The molecule has 104 valence electrons. The monoisotopic (exact) mass is 268 g/mol. The van der Waals surface area contributed by atoms with Crippen LogP contribution in [0.25, 0.3) is 0 Å². The van der Waals surface area contributed by atoms with E-state index in [2.05, 4.69) is 0 Å². The van der Waals surface area contributed by atoms with Crippen LogP contribution in [0.15, 0.2) is 12.1 Å². The smallest absolute Gasteiger partial charge is 0.333 e. The summed E-state index contributed by atoms with van der Waals surface area (Å²) in [6.07, 6.45) is -1.81. The fraction of sp³-hybridized carbons (Fsp3) is 0.385. The Labute approximate surface area is 110 Å². The molecular formula is C13H16O6. The van der Waals surface area contributed by atoms with Crippen molar-refractivity contribution >= 4 is 11.8 Å². The molecule has 0 spiro atoms. The zero-order chi connectivity index (χ0) is 14.7. The van der Waals surface area contributed by atoms with Crippen LogP contribution in [0.2, 0.25) is 0 Å². The van der Waals surface area contributed by atoms with Crippen molar-refractivity contribution < 1.29 is 29.6 Å². The maximum absolute atomic E-state index is 12.0. The number of hydrogen-bond acceptors (Lipinski definition) is 5. The SMILES string of the molecule is COc1ccc(C(=O)C(C)C(O)C(=O)O)c(O)c1C. The number of aromatic hydroxyl groups is 1. The standard InChI is InChI=1S/C13H16O6/c1-6-9(19-3)5-4-8(10(6)14)11(15)7(2)12(16)13(17)18/h4-5,7,12,14,16H,1-3H3,(H,17,18). The molecule has 6 heteroatoms. The van der Waals surface area contributed by atoms with Gasteiger partial charge in [0.25, 0.3) is 0 Å². The highest BCUT2D eigenvalue weighted by Crippen LogP contribution is 2.32. The summed E-state index contributed by atoms with van der Waals surface area (Å²) in [4.78, 5) is 22.7. The van der Waals surface area contributed by atoms with Crippen molar-refractivity contribution in [3.05, 3.63) is 23.3 Å². The van der Waals surface area contributed by atoms with Crippen LogP contribution < -0.4 is 4.74 Å². The number of methoxy groups -OCH3 is 1. The molecule has 0 radical (unpaired) electrons. The van der Waals surface area contributed by atoms with Crippen molar-refractivity contribution in [1.82, 2.24) is 0 Å². The summed E-state index contributed by atoms with van der Waals surface area (Å²) in [5, 5.41) is 27.9. The van der Waals surface area contributed by atoms with Crippen LogP contribution in [0, 0.1) is 12.8 Å². The summed E-state index contributed by atoms with van der Waals surface area (Å²) in [6.45, 7) is 2.86. The highest BCUT2D eigenvalue weighted by atomic mass is 16.5. The van der Waals surface area contributed by atoms with Crippen LogP contribution in [0.5, 0.6) is 11.5 Å². The third-order valence-corrected chi connectivity index (χ3v) is 3.01. The number of aliphatic hydroxyl groups excluding tert-OH is 1. The number of aliphatic carboxylic acids is 1. The lowest BCUT2D eigenvalue weighted by molar-refractivity contribution is -0.148. The van der Waals surface area contributed by atoms with Gasteiger partial charge in [-0.25, -0.2) is 4.79 Å². The predicted octanol–water partition coefficient (Wildman–Crippen LogP) is 0.974. The van der Waals surface area contributed by atoms with Crippen molar-refractivity contribution in [1.29, 1.82) is 0 Å². The Morgan fingerprint density at radius 3 is 2.37 bits per heavy atom. The fourth-order valence-corrected chi connectivity index (χ4v) is 1.70. The number of carboxylic acid groups (broad SMARTS) is 1. The van der Waals surface area contributed by atoms with E-state index in [1.807, 2.05) is 0 Å². The number of phenols is 1. The molecule has 0 heterocycles. The van der Waals surface area contributed by atoms with Gasteiger partial charge in [0.1, 0.15) is 11.5 Å². The lowest BCUT2D eigenvalue weighted by atomic mass is 9.92. The number of carbonyl (C=O) groups is 2. The van der Waals surface area contributed by atoms with Gasteiger partial charge in [-0.1, -0.05) is 6.92 Å². The summed E-state index contributed by atoms with van der Waals surface area (Å²) < 4.78 is 4.99. The first-order valence-electron chi connectivity index (χ1n) is 5.62. The number of aliphatic hydroxyl groups is 1. The molecule has 0 aliphatic rings. The van der Waals surface area contributed by atoms with Gasteiger partial charge in [-0.3, -0.25) is 4.79 Å². The molecule has 0 saturated heterocycles. The molecule has 1 rings (SSSR count). The number of ether oxygens (including phenoxy) is 1. The van der Waals surface area contributed by atoms with Crippen LogP contribution in [0.1, 0.15) is 22.8 Å². The van der Waals surface area contributed by atoms with E-state index in [9.17, 15) is 19.8 Å². The van der Waals surface area contributed by atoms with E-state index in [1.54, 1.807) is 6.92 Å². The summed E-state index contributed by atoms with van der Waals surface area (Å²) in [6, 6.07) is 2.84. The van der Waals surface area contributed by atoms with Gasteiger partial charge in [-0.05, 0) is 19.1 Å². The average molecular weight is 268 g/mol. The van der Waals surface area contributed by atoms with E-state index < -0.39 is 23.8 Å². The Bertz CT molecular complexity index is 508. The zero-order valence-corrected chi connectivity index (χ0v) is 10.9. The maximum atomic E-state index is 12.0. The third kappa shape index (κ3) is 2.85. The van der Waals surface area contributed by atoms with E-state index in [4.69, 9.17) is 9.84 Å². The predicted molar refractivity (Wildman–Crippen MR) is 66.5 cm³/mol. The highest BCUT2D eigenvalue weighted by Gasteiger charge is 2.30. The topological polar surface area (TPSA) is 104 Å². The minimum Gasteiger partial charge on any atom is -0.507 e. The van der Waals surface area contributed by atoms with E-state index >= 15 is 0 Å². The second-order valence-corrected chi connectivity index (χ2v) is 4.22. The summed E-state index contributed by atoms with van der Waals surface area (Å²) in [5.41, 5.74) is 0.344. The van der Waals surface area contributed by atoms with Crippen LogP contribution in [-0.2, 0) is 4.79 Å². The normalized spacial score (nSPS) is 13.7. The van der Waals surface area contributed by atoms with Gasteiger partial charge >= 0.3 is 5.97 Å². The van der Waals surface area contributed by atoms with Crippen LogP contribution >= 0.6 is 0 Å². The second-order valence-electron chi connectivity index (χ2n) is 4.22. The lowest BCUT2D eigenvalue weighted by Crippen LogP contribution is -2.32. The first-order valence-corrected chi connectivity index (χ1v) is 5.62. The largest absolute Gasteiger partial charge is 0.507 e. The first kappa shape index (κ1) is 15.0. The summed E-state index contributed by atoms with van der Waals surface area (Å²) in [7, 11) is 1.43. The first-order chi connectivity index (χ1) is 8.81. The summed E-state index contributed by atoms with van der Waals surface area (Å²) >= 11 is 0. The van der Waals surface area contributed by atoms with Crippen molar-refractivity contribution in [3.8, 4) is 11.5 Å². The minimum absolute atomic E-state index is 0.0360. The maximum Gasteiger partial charge on any atom is 0.333 e. The van der Waals surface area contributed by atoms with E-state index in [1.165, 1.54) is 26.2 Å². The Balaban J connectivity index is 3.14. The quantitative estimate of drug-likeness (QED) is 0.687. The molecule has 2 unspecified atom stereocenters. The molecule has 19 heavy (non-hydrogen) atoms. The number of ketones is 1. The van der Waals surface area contributed by atoms with Gasteiger partial charge in [0.15, 0.2) is 11.9 Å². The highest BCUT2D eigenvalue weighted by molar-refractivity contribution is 6.02. The lowest BCUT2D eigenvalue weighted by Gasteiger charge is -2.16. The Kier molecular flexibility index (Phi) is 4.50. The molecule has 6 nitrogen and oxygen atoms in total. The molecule has 1 aromatic carbocycles. The number of carbonyl (C=O) groups excluding carboxylic acids is 1. The Morgan fingerprint density at radius 2 is 1.89 bits per heavy atom. The van der Waals surface area contributed by atoms with E-state index in [-0.39, 0.29) is 11.3 Å². The Hall–Kier alpha value is -2.08. The van der Waals surface area contributed by atoms with Crippen molar-refractivity contribution in [2.45, 2.75) is 20.0 Å². The number of phenolic OH excluding ortho intramolecular Hbond substituents is 1. The van der Waals surface area contributed by atoms with Gasteiger partial charge in [0.2, 0.25) is 0 Å². The molecule has 2 atom stereocenters. The number of benzene rings is 1. The van der Waals surface area contributed by atoms with Crippen molar-refractivity contribution in [3.63, 3.8) is 0 Å². The molecule has 3 N–H and O–H groups in total.